The van der Waals surface area contributed by atoms with Crippen LogP contribution >= 0.6 is 22.6 Å². The maximum absolute atomic E-state index is 11.3. The van der Waals surface area contributed by atoms with E-state index in [-0.39, 0.29) is 0 Å². The molecule has 0 saturated heterocycles. The first-order valence-corrected chi connectivity index (χ1v) is 5.03. The zero-order valence-corrected chi connectivity index (χ0v) is 9.53. The van der Waals surface area contributed by atoms with Crippen LogP contribution in [-0.2, 0) is 4.74 Å². The smallest absolute Gasteiger partial charge is 0.356 e. The number of halogens is 1. The number of rotatable bonds is 1. The van der Waals surface area contributed by atoms with Gasteiger partial charge in [0.05, 0.1) is 7.11 Å². The average molecular weight is 302 g/mol. The molecule has 0 unspecified atom stereocenters. The van der Waals surface area contributed by atoms with Crippen molar-refractivity contribution in [2.24, 2.45) is 0 Å². The Kier molecular flexibility index (Phi) is 2.40. The number of hydrogen-bond acceptors (Lipinski definition) is 3. The Labute approximate surface area is 93.8 Å². The molecular formula is C9H7IN2O2. The second-order valence-corrected chi connectivity index (χ2v) is 3.89. The summed E-state index contributed by atoms with van der Waals surface area (Å²) in [6.45, 7) is 0. The molecule has 1 heterocycles. The lowest BCUT2D eigenvalue weighted by Crippen LogP contribution is -2.01. The van der Waals surface area contributed by atoms with Crippen molar-refractivity contribution in [3.05, 3.63) is 27.5 Å². The average Bonchev–Trinajstić information content (AvgIpc) is 2.62. The van der Waals surface area contributed by atoms with Crippen LogP contribution in [-0.4, -0.2) is 23.3 Å². The largest absolute Gasteiger partial charge is 0.464 e. The number of benzene rings is 1. The summed E-state index contributed by atoms with van der Waals surface area (Å²) in [7, 11) is 1.35. The topological polar surface area (TPSA) is 55.0 Å². The van der Waals surface area contributed by atoms with Gasteiger partial charge in [-0.05, 0) is 28.7 Å². The lowest BCUT2D eigenvalue weighted by molar-refractivity contribution is 0.0596. The molecular weight excluding hydrogens is 295 g/mol. The number of esters is 1. The van der Waals surface area contributed by atoms with Gasteiger partial charge >= 0.3 is 5.97 Å². The van der Waals surface area contributed by atoms with Crippen molar-refractivity contribution in [2.75, 3.05) is 7.11 Å². The molecule has 1 aromatic heterocycles. The van der Waals surface area contributed by atoms with Gasteiger partial charge in [0.1, 0.15) is 5.52 Å². The number of para-hydroxylation sites is 1. The summed E-state index contributed by atoms with van der Waals surface area (Å²) in [4.78, 5) is 11.3. The van der Waals surface area contributed by atoms with E-state index in [1.165, 1.54) is 7.11 Å². The second kappa shape index (κ2) is 3.56. The number of hydrogen-bond donors (Lipinski definition) is 1. The number of methoxy groups -OCH3 is 1. The SMILES string of the molecule is COC(=O)c1[nH]nc2c(I)cccc12. The van der Waals surface area contributed by atoms with Crippen molar-refractivity contribution >= 4 is 39.5 Å². The summed E-state index contributed by atoms with van der Waals surface area (Å²) in [5.41, 5.74) is 1.20. The maximum Gasteiger partial charge on any atom is 0.356 e. The molecule has 0 amide bonds. The second-order valence-electron chi connectivity index (χ2n) is 2.73. The highest BCUT2D eigenvalue weighted by Crippen LogP contribution is 2.21. The molecule has 0 aliphatic rings. The summed E-state index contributed by atoms with van der Waals surface area (Å²) in [6.07, 6.45) is 0. The van der Waals surface area contributed by atoms with Gasteiger partial charge in [-0.15, -0.1) is 0 Å². The fourth-order valence-electron chi connectivity index (χ4n) is 1.26. The Hall–Kier alpha value is -1.11. The van der Waals surface area contributed by atoms with E-state index in [9.17, 15) is 4.79 Å². The van der Waals surface area contributed by atoms with Crippen LogP contribution in [0.25, 0.3) is 10.9 Å². The predicted octanol–water partition coefficient (Wildman–Crippen LogP) is 1.95. The summed E-state index contributed by atoms with van der Waals surface area (Å²) in [6, 6.07) is 5.66. The fourth-order valence-corrected chi connectivity index (χ4v) is 1.88. The van der Waals surface area contributed by atoms with Crippen LogP contribution < -0.4 is 0 Å². The van der Waals surface area contributed by atoms with Crippen LogP contribution in [0.1, 0.15) is 10.5 Å². The van der Waals surface area contributed by atoms with Crippen LogP contribution in [0.4, 0.5) is 0 Å². The van der Waals surface area contributed by atoms with E-state index < -0.39 is 5.97 Å². The molecule has 2 aromatic rings. The Morgan fingerprint density at radius 2 is 2.36 bits per heavy atom. The van der Waals surface area contributed by atoms with Gasteiger partial charge in [-0.2, -0.15) is 5.10 Å². The Bertz CT molecular complexity index is 493. The summed E-state index contributed by atoms with van der Waals surface area (Å²) < 4.78 is 5.64. The number of aromatic nitrogens is 2. The summed E-state index contributed by atoms with van der Waals surface area (Å²) in [5.74, 6) is -0.394. The van der Waals surface area contributed by atoms with Crippen LogP contribution in [0.15, 0.2) is 18.2 Å². The molecule has 2 rings (SSSR count). The first kappa shape index (κ1) is 9.45. The molecule has 72 valence electrons. The minimum Gasteiger partial charge on any atom is -0.464 e. The van der Waals surface area contributed by atoms with Gasteiger partial charge in [-0.25, -0.2) is 4.79 Å². The van der Waals surface area contributed by atoms with E-state index in [1.54, 1.807) is 0 Å². The molecule has 0 atom stereocenters. The monoisotopic (exact) mass is 302 g/mol. The minimum absolute atomic E-state index is 0.394. The first-order valence-electron chi connectivity index (χ1n) is 3.95. The molecule has 0 aliphatic carbocycles. The van der Waals surface area contributed by atoms with E-state index in [4.69, 9.17) is 0 Å². The number of nitrogens with zero attached hydrogens (tertiary/aromatic N) is 1. The Balaban J connectivity index is 2.70. The van der Waals surface area contributed by atoms with Crippen molar-refractivity contribution < 1.29 is 9.53 Å². The number of ether oxygens (including phenoxy) is 1. The third-order valence-corrected chi connectivity index (χ3v) is 2.80. The maximum atomic E-state index is 11.3. The molecule has 14 heavy (non-hydrogen) atoms. The van der Waals surface area contributed by atoms with Crippen molar-refractivity contribution in [2.45, 2.75) is 0 Å². The van der Waals surface area contributed by atoms with E-state index in [0.717, 1.165) is 14.5 Å². The summed E-state index contributed by atoms with van der Waals surface area (Å²) in [5, 5.41) is 7.52. The molecule has 0 bridgehead atoms. The Morgan fingerprint density at radius 1 is 1.57 bits per heavy atom. The van der Waals surface area contributed by atoms with Gasteiger partial charge in [0.25, 0.3) is 0 Å². The zero-order valence-electron chi connectivity index (χ0n) is 7.37. The summed E-state index contributed by atoms with van der Waals surface area (Å²) >= 11 is 2.17. The van der Waals surface area contributed by atoms with Gasteiger partial charge in [0.15, 0.2) is 5.69 Å². The number of carbonyl (C=O) groups excluding carboxylic acids is 1. The van der Waals surface area contributed by atoms with Gasteiger partial charge in [-0.3, -0.25) is 5.10 Å². The molecule has 0 fully saturated rings. The van der Waals surface area contributed by atoms with Crippen LogP contribution in [0.3, 0.4) is 0 Å². The standard InChI is InChI=1S/C9H7IN2O2/c1-14-9(13)8-5-3-2-4-6(10)7(5)11-12-8/h2-4H,1H3,(H,11,12). The molecule has 5 heteroatoms. The van der Waals surface area contributed by atoms with E-state index >= 15 is 0 Å². The third-order valence-electron chi connectivity index (χ3n) is 1.93. The van der Waals surface area contributed by atoms with E-state index in [1.807, 2.05) is 18.2 Å². The quantitative estimate of drug-likeness (QED) is 0.647. The number of H-pyrrole nitrogens is 1. The highest BCUT2D eigenvalue weighted by Gasteiger charge is 2.14. The molecule has 1 aromatic carbocycles. The number of aromatic amines is 1. The van der Waals surface area contributed by atoms with Crippen LogP contribution in [0.2, 0.25) is 0 Å². The van der Waals surface area contributed by atoms with Gasteiger partial charge < -0.3 is 4.74 Å². The number of nitrogens with one attached hydrogen (secondary N) is 1. The van der Waals surface area contributed by atoms with Crippen molar-refractivity contribution in [3.63, 3.8) is 0 Å². The third kappa shape index (κ3) is 1.37. The van der Waals surface area contributed by atoms with Crippen LogP contribution in [0, 0.1) is 3.57 Å². The van der Waals surface area contributed by atoms with Gasteiger partial charge in [0, 0.05) is 8.96 Å². The molecule has 0 saturated carbocycles. The molecule has 0 radical (unpaired) electrons. The first-order chi connectivity index (χ1) is 6.74. The predicted molar refractivity (Wildman–Crippen MR) is 60.2 cm³/mol. The normalized spacial score (nSPS) is 10.4. The van der Waals surface area contributed by atoms with Crippen molar-refractivity contribution in [3.8, 4) is 0 Å². The molecule has 4 nitrogen and oxygen atoms in total. The lowest BCUT2D eigenvalue weighted by Gasteiger charge is -1.95. The fraction of sp³-hybridized carbons (Fsp3) is 0.111. The number of carbonyl (C=O) groups is 1. The van der Waals surface area contributed by atoms with Crippen molar-refractivity contribution in [1.29, 1.82) is 0 Å². The Morgan fingerprint density at radius 3 is 3.07 bits per heavy atom. The molecule has 1 N–H and O–H groups in total. The number of fused-ring (bicyclic) bond motifs is 1. The van der Waals surface area contributed by atoms with E-state index in [2.05, 4.69) is 37.5 Å². The lowest BCUT2D eigenvalue weighted by atomic mass is 10.2. The van der Waals surface area contributed by atoms with Gasteiger partial charge in [-0.1, -0.05) is 12.1 Å². The zero-order chi connectivity index (χ0) is 10.1. The highest BCUT2D eigenvalue weighted by atomic mass is 127. The van der Waals surface area contributed by atoms with Crippen molar-refractivity contribution in [1.82, 2.24) is 10.2 Å². The van der Waals surface area contributed by atoms with Crippen LogP contribution in [0.5, 0.6) is 0 Å². The van der Waals surface area contributed by atoms with E-state index in [0.29, 0.717) is 5.69 Å². The molecule has 0 spiro atoms. The van der Waals surface area contributed by atoms with Gasteiger partial charge in [0.2, 0.25) is 0 Å². The highest BCUT2D eigenvalue weighted by molar-refractivity contribution is 14.1. The molecule has 0 aliphatic heterocycles. The minimum atomic E-state index is -0.394.